The van der Waals surface area contributed by atoms with Crippen molar-refractivity contribution in [2.45, 2.75) is 33.6 Å². The van der Waals surface area contributed by atoms with Crippen LogP contribution >= 0.6 is 0 Å². The molecular formula is C15H20N4O. The van der Waals surface area contributed by atoms with E-state index in [1.165, 1.54) is 16.7 Å². The summed E-state index contributed by atoms with van der Waals surface area (Å²) in [7, 11) is 1.76. The highest BCUT2D eigenvalue weighted by atomic mass is 16.1. The molecule has 0 bridgehead atoms. The van der Waals surface area contributed by atoms with Crippen LogP contribution < -0.4 is 5.32 Å². The van der Waals surface area contributed by atoms with Gasteiger partial charge < -0.3 is 0 Å². The van der Waals surface area contributed by atoms with Crippen LogP contribution in [0.4, 0.5) is 5.95 Å². The van der Waals surface area contributed by atoms with Gasteiger partial charge in [-0.1, -0.05) is 23.8 Å². The van der Waals surface area contributed by atoms with Crippen molar-refractivity contribution >= 4 is 11.9 Å². The molecule has 0 saturated heterocycles. The zero-order chi connectivity index (χ0) is 14.7. The lowest BCUT2D eigenvalue weighted by Crippen LogP contribution is -2.15. The van der Waals surface area contributed by atoms with Gasteiger partial charge in [0.15, 0.2) is 0 Å². The lowest BCUT2D eigenvalue weighted by atomic mass is 10.0. The fourth-order valence-corrected chi connectivity index (χ4v) is 2.18. The van der Waals surface area contributed by atoms with Crippen molar-refractivity contribution in [1.82, 2.24) is 14.8 Å². The number of nitrogens with one attached hydrogen (secondary N) is 1. The Labute approximate surface area is 119 Å². The zero-order valence-electron chi connectivity index (χ0n) is 12.4. The molecule has 0 unspecified atom stereocenters. The largest absolute Gasteiger partial charge is 0.295 e. The van der Waals surface area contributed by atoms with Crippen LogP contribution in [0, 0.1) is 20.8 Å². The summed E-state index contributed by atoms with van der Waals surface area (Å²) >= 11 is 0. The minimum absolute atomic E-state index is 0.0412. The Balaban J connectivity index is 1.94. The molecule has 1 aromatic carbocycles. The van der Waals surface area contributed by atoms with Gasteiger partial charge >= 0.3 is 0 Å². The van der Waals surface area contributed by atoms with Gasteiger partial charge in [0.1, 0.15) is 5.82 Å². The molecule has 5 heteroatoms. The third-order valence-electron chi connectivity index (χ3n) is 3.24. The number of rotatable bonds is 4. The van der Waals surface area contributed by atoms with Gasteiger partial charge in [0.2, 0.25) is 11.9 Å². The molecule has 1 amide bonds. The van der Waals surface area contributed by atoms with Gasteiger partial charge in [-0.25, -0.2) is 4.68 Å². The molecule has 1 N–H and O–H groups in total. The minimum Gasteiger partial charge on any atom is -0.295 e. The first-order valence-electron chi connectivity index (χ1n) is 6.69. The molecule has 106 valence electrons. The fraction of sp³-hybridized carbons (Fsp3) is 0.400. The molecule has 2 aromatic rings. The SMILES string of the molecule is Cc1ccc(CCC(=O)Nc2nc(C)nn2C)c(C)c1. The van der Waals surface area contributed by atoms with Crippen LogP contribution in [0.25, 0.3) is 0 Å². The van der Waals surface area contributed by atoms with Gasteiger partial charge in [0, 0.05) is 13.5 Å². The predicted octanol–water partition coefficient (Wildman–Crippen LogP) is 2.31. The van der Waals surface area contributed by atoms with Crippen molar-refractivity contribution in [3.63, 3.8) is 0 Å². The maximum absolute atomic E-state index is 11.9. The summed E-state index contributed by atoms with van der Waals surface area (Å²) in [5.41, 5.74) is 3.68. The van der Waals surface area contributed by atoms with Crippen LogP contribution in [0.2, 0.25) is 0 Å². The molecule has 0 spiro atoms. The van der Waals surface area contributed by atoms with Crippen LogP contribution in [0.3, 0.4) is 0 Å². The molecule has 1 aromatic heterocycles. The van der Waals surface area contributed by atoms with Crippen molar-refractivity contribution in [2.24, 2.45) is 7.05 Å². The number of carbonyl (C=O) groups is 1. The molecule has 20 heavy (non-hydrogen) atoms. The number of amides is 1. The maximum Gasteiger partial charge on any atom is 0.227 e. The van der Waals surface area contributed by atoms with Crippen molar-refractivity contribution in [2.75, 3.05) is 5.32 Å². The van der Waals surface area contributed by atoms with Crippen molar-refractivity contribution in [3.05, 3.63) is 40.7 Å². The third-order valence-corrected chi connectivity index (χ3v) is 3.24. The van der Waals surface area contributed by atoms with Gasteiger partial charge in [-0.05, 0) is 38.3 Å². The van der Waals surface area contributed by atoms with Crippen LogP contribution in [0.15, 0.2) is 18.2 Å². The Hall–Kier alpha value is -2.17. The first kappa shape index (κ1) is 14.2. The van der Waals surface area contributed by atoms with E-state index in [1.54, 1.807) is 18.7 Å². The van der Waals surface area contributed by atoms with Gasteiger partial charge in [-0.2, -0.15) is 10.1 Å². The Kier molecular flexibility index (Phi) is 4.17. The summed E-state index contributed by atoms with van der Waals surface area (Å²) in [4.78, 5) is 16.1. The molecule has 0 aliphatic heterocycles. The maximum atomic E-state index is 11.9. The number of aryl methyl sites for hydroxylation is 5. The number of anilines is 1. The van der Waals surface area contributed by atoms with Crippen LogP contribution in [-0.2, 0) is 18.3 Å². The Morgan fingerprint density at radius 2 is 2.05 bits per heavy atom. The second-order valence-corrected chi connectivity index (χ2v) is 5.08. The third kappa shape index (κ3) is 3.44. The molecule has 0 atom stereocenters. The average molecular weight is 272 g/mol. The highest BCUT2D eigenvalue weighted by Gasteiger charge is 2.09. The van der Waals surface area contributed by atoms with E-state index in [1.807, 2.05) is 0 Å². The second-order valence-electron chi connectivity index (χ2n) is 5.08. The predicted molar refractivity (Wildman–Crippen MR) is 78.6 cm³/mol. The topological polar surface area (TPSA) is 59.8 Å². The molecule has 1 heterocycles. The lowest BCUT2D eigenvalue weighted by Gasteiger charge is -2.07. The van der Waals surface area contributed by atoms with Crippen molar-refractivity contribution < 1.29 is 4.79 Å². The Morgan fingerprint density at radius 3 is 2.65 bits per heavy atom. The molecule has 2 rings (SSSR count). The van der Waals surface area contributed by atoms with Crippen LogP contribution in [0.5, 0.6) is 0 Å². The molecule has 5 nitrogen and oxygen atoms in total. The van der Waals surface area contributed by atoms with E-state index >= 15 is 0 Å². The van der Waals surface area contributed by atoms with Crippen LogP contribution in [-0.4, -0.2) is 20.7 Å². The van der Waals surface area contributed by atoms with Gasteiger partial charge in [-0.15, -0.1) is 0 Å². The fourth-order valence-electron chi connectivity index (χ4n) is 2.18. The quantitative estimate of drug-likeness (QED) is 0.929. The molecule has 0 aliphatic carbocycles. The van der Waals surface area contributed by atoms with E-state index in [0.717, 1.165) is 6.42 Å². The van der Waals surface area contributed by atoms with E-state index in [2.05, 4.69) is 47.4 Å². The molecule has 0 fully saturated rings. The highest BCUT2D eigenvalue weighted by molar-refractivity contribution is 5.89. The molecule has 0 radical (unpaired) electrons. The number of benzene rings is 1. The molecule has 0 aliphatic rings. The summed E-state index contributed by atoms with van der Waals surface area (Å²) < 4.78 is 1.57. The molecular weight excluding hydrogens is 252 g/mol. The Bertz CT molecular complexity index is 631. The smallest absolute Gasteiger partial charge is 0.227 e. The lowest BCUT2D eigenvalue weighted by molar-refractivity contribution is -0.116. The number of hydrogen-bond donors (Lipinski definition) is 1. The number of carbonyl (C=O) groups excluding carboxylic acids is 1. The number of hydrogen-bond acceptors (Lipinski definition) is 3. The van der Waals surface area contributed by atoms with Gasteiger partial charge in [0.25, 0.3) is 0 Å². The molecule has 0 saturated carbocycles. The summed E-state index contributed by atoms with van der Waals surface area (Å²) in [6.45, 7) is 5.94. The first-order chi connectivity index (χ1) is 9.45. The summed E-state index contributed by atoms with van der Waals surface area (Å²) in [6.07, 6.45) is 1.17. The highest BCUT2D eigenvalue weighted by Crippen LogP contribution is 2.13. The summed E-state index contributed by atoms with van der Waals surface area (Å²) in [5.74, 6) is 1.10. The van der Waals surface area contributed by atoms with Crippen LogP contribution in [0.1, 0.15) is 28.9 Å². The van der Waals surface area contributed by atoms with E-state index in [4.69, 9.17) is 0 Å². The normalized spacial score (nSPS) is 10.6. The summed E-state index contributed by atoms with van der Waals surface area (Å²) in [5, 5.41) is 6.88. The number of aromatic nitrogens is 3. The van der Waals surface area contributed by atoms with Crippen molar-refractivity contribution in [3.8, 4) is 0 Å². The number of nitrogens with zero attached hydrogens (tertiary/aromatic N) is 3. The first-order valence-corrected chi connectivity index (χ1v) is 6.69. The van der Waals surface area contributed by atoms with E-state index in [-0.39, 0.29) is 5.91 Å². The standard InChI is InChI=1S/C15H20N4O/c1-10-5-6-13(11(2)9-10)7-8-14(20)17-15-16-12(3)18-19(15)4/h5-6,9H,7-8H2,1-4H3,(H,16,17,18,20). The second kappa shape index (κ2) is 5.86. The Morgan fingerprint density at radius 1 is 1.30 bits per heavy atom. The van der Waals surface area contributed by atoms with E-state index < -0.39 is 0 Å². The van der Waals surface area contributed by atoms with Gasteiger partial charge in [0.05, 0.1) is 0 Å². The van der Waals surface area contributed by atoms with Crippen molar-refractivity contribution in [1.29, 1.82) is 0 Å². The van der Waals surface area contributed by atoms with Gasteiger partial charge in [-0.3, -0.25) is 10.1 Å². The minimum atomic E-state index is -0.0412. The monoisotopic (exact) mass is 272 g/mol. The van der Waals surface area contributed by atoms with E-state index in [9.17, 15) is 4.79 Å². The zero-order valence-corrected chi connectivity index (χ0v) is 12.4. The van der Waals surface area contributed by atoms with E-state index in [0.29, 0.717) is 18.2 Å². The summed E-state index contributed by atoms with van der Waals surface area (Å²) in [6, 6.07) is 6.30. The average Bonchev–Trinajstić information content (AvgIpc) is 2.66.